The third-order valence-electron chi connectivity index (χ3n) is 2.56. The maximum atomic E-state index is 14.1. The lowest BCUT2D eigenvalue weighted by atomic mass is 10.2. The van der Waals surface area contributed by atoms with Gasteiger partial charge in [0.25, 0.3) is 0 Å². The fourth-order valence-corrected chi connectivity index (χ4v) is 3.12. The van der Waals surface area contributed by atoms with Crippen LogP contribution in [-0.4, -0.2) is 22.0 Å². The molecule has 0 atom stereocenters. The Morgan fingerprint density at radius 3 is 2.63 bits per heavy atom. The summed E-state index contributed by atoms with van der Waals surface area (Å²) < 4.78 is 40.5. The molecule has 1 rings (SSSR count). The number of sulfonamides is 1. The third-order valence-corrected chi connectivity index (χ3v) is 4.24. The summed E-state index contributed by atoms with van der Waals surface area (Å²) in [5.41, 5.74) is 0.228. The molecule has 0 amide bonds. The first-order valence-electron chi connectivity index (χ1n) is 6.04. The first-order chi connectivity index (χ1) is 8.92. The summed E-state index contributed by atoms with van der Waals surface area (Å²) in [7, 11) is -2.22. The van der Waals surface area contributed by atoms with Crippen LogP contribution in [0, 0.1) is 5.82 Å². The predicted octanol–water partition coefficient (Wildman–Crippen LogP) is 2.28. The maximum Gasteiger partial charge on any atom is 0.243 e. The standard InChI is InChI=1S/C12H18ClFN2O2S/c1-3-4-5-16-19(17,18)11-7-10(13)6-9(8-15-2)12(11)14/h6-7,15-16H,3-5,8H2,1-2H3. The van der Waals surface area contributed by atoms with Crippen LogP contribution in [-0.2, 0) is 16.6 Å². The highest BCUT2D eigenvalue weighted by atomic mass is 35.5. The van der Waals surface area contributed by atoms with Gasteiger partial charge in [0, 0.05) is 23.7 Å². The van der Waals surface area contributed by atoms with Crippen LogP contribution in [0.1, 0.15) is 25.3 Å². The second-order valence-electron chi connectivity index (χ2n) is 4.16. The van der Waals surface area contributed by atoms with Crippen LogP contribution in [0.2, 0.25) is 5.02 Å². The number of hydrogen-bond acceptors (Lipinski definition) is 3. The van der Waals surface area contributed by atoms with E-state index in [1.807, 2.05) is 6.92 Å². The van der Waals surface area contributed by atoms with Gasteiger partial charge in [0.15, 0.2) is 0 Å². The van der Waals surface area contributed by atoms with Crippen molar-refractivity contribution in [3.05, 3.63) is 28.5 Å². The van der Waals surface area contributed by atoms with Crippen molar-refractivity contribution in [2.45, 2.75) is 31.2 Å². The summed E-state index contributed by atoms with van der Waals surface area (Å²) in [6, 6.07) is 2.54. The summed E-state index contributed by atoms with van der Waals surface area (Å²) in [5.74, 6) is -0.761. The molecule has 0 aromatic heterocycles. The Kier molecular flexibility index (Phi) is 6.19. The van der Waals surface area contributed by atoms with Gasteiger partial charge in [0.05, 0.1) is 0 Å². The molecule has 0 aliphatic heterocycles. The molecule has 0 bridgehead atoms. The average molecular weight is 309 g/mol. The second-order valence-corrected chi connectivity index (χ2v) is 6.33. The first kappa shape index (κ1) is 16.4. The molecular formula is C12H18ClFN2O2S. The molecule has 7 heteroatoms. The number of hydrogen-bond donors (Lipinski definition) is 2. The molecule has 1 aromatic carbocycles. The number of halogens is 2. The highest BCUT2D eigenvalue weighted by Gasteiger charge is 2.21. The molecule has 0 aliphatic carbocycles. The molecule has 0 heterocycles. The minimum absolute atomic E-state index is 0.197. The SMILES string of the molecule is CCCCNS(=O)(=O)c1cc(Cl)cc(CNC)c1F. The smallest absolute Gasteiger partial charge is 0.243 e. The van der Waals surface area contributed by atoms with Crippen LogP contribution in [0.25, 0.3) is 0 Å². The molecule has 0 unspecified atom stereocenters. The third kappa shape index (κ3) is 4.42. The largest absolute Gasteiger partial charge is 0.316 e. The molecule has 0 aliphatic rings. The van der Waals surface area contributed by atoms with Gasteiger partial charge in [-0.15, -0.1) is 0 Å². The van der Waals surface area contributed by atoms with E-state index in [4.69, 9.17) is 11.6 Å². The van der Waals surface area contributed by atoms with Crippen molar-refractivity contribution in [3.8, 4) is 0 Å². The monoisotopic (exact) mass is 308 g/mol. The van der Waals surface area contributed by atoms with E-state index in [9.17, 15) is 12.8 Å². The molecule has 0 saturated carbocycles. The van der Waals surface area contributed by atoms with Gasteiger partial charge in [-0.3, -0.25) is 0 Å². The molecule has 0 saturated heterocycles. The quantitative estimate of drug-likeness (QED) is 0.760. The molecule has 0 spiro atoms. The number of benzene rings is 1. The summed E-state index contributed by atoms with van der Waals surface area (Å²) in [5, 5.41) is 2.97. The highest BCUT2D eigenvalue weighted by Crippen LogP contribution is 2.23. The van der Waals surface area contributed by atoms with Gasteiger partial charge in [-0.05, 0) is 25.6 Å². The number of nitrogens with one attached hydrogen (secondary N) is 2. The van der Waals surface area contributed by atoms with E-state index in [1.54, 1.807) is 7.05 Å². The van der Waals surface area contributed by atoms with Crippen LogP contribution in [0.5, 0.6) is 0 Å². The molecule has 4 nitrogen and oxygen atoms in total. The fourth-order valence-electron chi connectivity index (χ4n) is 1.59. The van der Waals surface area contributed by atoms with Gasteiger partial charge in [0.2, 0.25) is 10.0 Å². The van der Waals surface area contributed by atoms with Gasteiger partial charge >= 0.3 is 0 Å². The highest BCUT2D eigenvalue weighted by molar-refractivity contribution is 7.89. The minimum Gasteiger partial charge on any atom is -0.316 e. The lowest BCUT2D eigenvalue weighted by Crippen LogP contribution is -2.26. The van der Waals surface area contributed by atoms with Crippen LogP contribution in [0.4, 0.5) is 4.39 Å². The maximum absolute atomic E-state index is 14.1. The zero-order chi connectivity index (χ0) is 14.5. The summed E-state index contributed by atoms with van der Waals surface area (Å²) >= 11 is 5.84. The van der Waals surface area contributed by atoms with Gasteiger partial charge in [0.1, 0.15) is 10.7 Å². The molecular weight excluding hydrogens is 291 g/mol. The Labute approximate surface area is 118 Å². The van der Waals surface area contributed by atoms with Crippen molar-refractivity contribution in [2.24, 2.45) is 0 Å². The van der Waals surface area contributed by atoms with E-state index in [-0.39, 0.29) is 23.7 Å². The van der Waals surface area contributed by atoms with E-state index < -0.39 is 20.7 Å². The van der Waals surface area contributed by atoms with E-state index in [2.05, 4.69) is 10.0 Å². The van der Waals surface area contributed by atoms with Crippen LogP contribution >= 0.6 is 11.6 Å². The Balaban J connectivity index is 3.11. The van der Waals surface area contributed by atoms with Gasteiger partial charge in [-0.25, -0.2) is 17.5 Å². The van der Waals surface area contributed by atoms with E-state index in [0.717, 1.165) is 12.5 Å². The summed E-state index contributed by atoms with van der Waals surface area (Å²) in [4.78, 5) is -0.402. The normalized spacial score (nSPS) is 11.8. The Morgan fingerprint density at radius 2 is 2.05 bits per heavy atom. The van der Waals surface area contributed by atoms with Crippen LogP contribution in [0.15, 0.2) is 17.0 Å². The molecule has 2 N–H and O–H groups in total. The lowest BCUT2D eigenvalue weighted by molar-refractivity contribution is 0.545. The molecule has 0 radical (unpaired) electrons. The van der Waals surface area contributed by atoms with E-state index >= 15 is 0 Å². The topological polar surface area (TPSA) is 58.2 Å². The first-order valence-corrected chi connectivity index (χ1v) is 7.90. The Morgan fingerprint density at radius 1 is 1.37 bits per heavy atom. The number of unbranched alkanes of at least 4 members (excludes halogenated alkanes) is 1. The van der Waals surface area contributed by atoms with Crippen molar-refractivity contribution in [3.63, 3.8) is 0 Å². The van der Waals surface area contributed by atoms with E-state index in [1.165, 1.54) is 6.07 Å². The van der Waals surface area contributed by atoms with Crippen molar-refractivity contribution < 1.29 is 12.8 Å². The predicted molar refractivity (Wildman–Crippen MR) is 74.3 cm³/mol. The van der Waals surface area contributed by atoms with Crippen LogP contribution < -0.4 is 10.0 Å². The Bertz CT molecular complexity index is 535. The molecule has 108 valence electrons. The molecule has 19 heavy (non-hydrogen) atoms. The van der Waals surface area contributed by atoms with Crippen molar-refractivity contribution in [1.29, 1.82) is 0 Å². The minimum atomic E-state index is -3.86. The molecule has 0 fully saturated rings. The van der Waals surface area contributed by atoms with E-state index in [0.29, 0.717) is 6.42 Å². The van der Waals surface area contributed by atoms with Crippen LogP contribution in [0.3, 0.4) is 0 Å². The molecule has 1 aromatic rings. The summed E-state index contributed by atoms with van der Waals surface area (Å²) in [6.07, 6.45) is 1.55. The fraction of sp³-hybridized carbons (Fsp3) is 0.500. The van der Waals surface area contributed by atoms with Crippen molar-refractivity contribution in [1.82, 2.24) is 10.0 Å². The average Bonchev–Trinajstić information content (AvgIpc) is 2.33. The van der Waals surface area contributed by atoms with Gasteiger partial charge in [-0.1, -0.05) is 24.9 Å². The van der Waals surface area contributed by atoms with Crippen molar-refractivity contribution >= 4 is 21.6 Å². The van der Waals surface area contributed by atoms with Gasteiger partial charge in [-0.2, -0.15) is 0 Å². The number of rotatable bonds is 7. The lowest BCUT2D eigenvalue weighted by Gasteiger charge is -2.11. The summed E-state index contributed by atoms with van der Waals surface area (Å²) in [6.45, 7) is 2.44. The zero-order valence-corrected chi connectivity index (χ0v) is 12.5. The van der Waals surface area contributed by atoms with Crippen molar-refractivity contribution in [2.75, 3.05) is 13.6 Å². The Hall–Kier alpha value is -0.690. The zero-order valence-electron chi connectivity index (χ0n) is 11.0. The second kappa shape index (κ2) is 7.19. The van der Waals surface area contributed by atoms with Gasteiger partial charge < -0.3 is 5.32 Å².